The van der Waals surface area contributed by atoms with Crippen LogP contribution in [0.15, 0.2) is 34.1 Å². The molecule has 0 aromatic heterocycles. The van der Waals surface area contributed by atoms with Gasteiger partial charge in [0.25, 0.3) is 10.0 Å². The average Bonchev–Trinajstić information content (AvgIpc) is 2.55. The van der Waals surface area contributed by atoms with Crippen LogP contribution in [-0.4, -0.2) is 53.8 Å². The van der Waals surface area contributed by atoms with E-state index in [1.807, 2.05) is 0 Å². The summed E-state index contributed by atoms with van der Waals surface area (Å²) in [6.45, 7) is 1.35. The zero-order chi connectivity index (χ0) is 16.4. The highest BCUT2D eigenvalue weighted by atomic mass is 32.2. The topological polar surface area (TPSA) is 92.8 Å². The van der Waals surface area contributed by atoms with E-state index in [0.717, 1.165) is 4.47 Å². The zero-order valence-corrected chi connectivity index (χ0v) is 14.2. The number of piperidine rings is 1. The molecule has 1 N–H and O–H groups in total. The summed E-state index contributed by atoms with van der Waals surface area (Å²) in [5.74, 6) is 0. The van der Waals surface area contributed by atoms with Gasteiger partial charge in [0.15, 0.2) is 9.84 Å². The molecule has 22 heavy (non-hydrogen) atoms. The fourth-order valence-electron chi connectivity index (χ4n) is 2.35. The molecule has 1 heterocycles. The second kappa shape index (κ2) is 6.63. The van der Waals surface area contributed by atoms with E-state index in [2.05, 4.69) is 10.2 Å². The molecule has 1 saturated heterocycles. The SMILES string of the molecule is CON(C)S(=O)(=O)c1ccc(S(=O)(=O)C2CCNCC2)cc1. The molecule has 0 atom stereocenters. The Balaban J connectivity index is 2.29. The normalized spacial score (nSPS) is 17.8. The van der Waals surface area contributed by atoms with Gasteiger partial charge in [-0.3, -0.25) is 4.84 Å². The summed E-state index contributed by atoms with van der Waals surface area (Å²) in [7, 11) is -4.68. The largest absolute Gasteiger partial charge is 0.317 e. The quantitative estimate of drug-likeness (QED) is 0.774. The Morgan fingerprint density at radius 2 is 1.55 bits per heavy atom. The molecule has 0 saturated carbocycles. The van der Waals surface area contributed by atoms with Gasteiger partial charge >= 0.3 is 0 Å². The third-order valence-electron chi connectivity index (χ3n) is 3.77. The molecule has 0 radical (unpaired) electrons. The van der Waals surface area contributed by atoms with Gasteiger partial charge in [0.1, 0.15) is 0 Å². The minimum Gasteiger partial charge on any atom is -0.317 e. The summed E-state index contributed by atoms with van der Waals surface area (Å²) in [6.07, 6.45) is 1.13. The molecule has 0 spiro atoms. The van der Waals surface area contributed by atoms with E-state index in [0.29, 0.717) is 25.9 Å². The van der Waals surface area contributed by atoms with Crippen LogP contribution in [0.1, 0.15) is 12.8 Å². The number of nitrogens with one attached hydrogen (secondary N) is 1. The number of sulfone groups is 1. The second-order valence-corrected chi connectivity index (χ2v) is 9.23. The van der Waals surface area contributed by atoms with Crippen LogP contribution in [0.3, 0.4) is 0 Å². The number of hydrogen-bond donors (Lipinski definition) is 1. The van der Waals surface area contributed by atoms with Crippen LogP contribution in [0, 0.1) is 0 Å². The predicted molar refractivity (Wildman–Crippen MR) is 81.5 cm³/mol. The molecule has 0 amide bonds. The molecule has 1 fully saturated rings. The van der Waals surface area contributed by atoms with Crippen LogP contribution in [-0.2, 0) is 24.7 Å². The van der Waals surface area contributed by atoms with Crippen LogP contribution in [0.4, 0.5) is 0 Å². The molecule has 1 aliphatic heterocycles. The molecule has 1 aromatic rings. The van der Waals surface area contributed by atoms with Gasteiger partial charge in [-0.1, -0.05) is 4.47 Å². The van der Waals surface area contributed by atoms with Crippen molar-refractivity contribution in [2.75, 3.05) is 27.2 Å². The summed E-state index contributed by atoms with van der Waals surface area (Å²) < 4.78 is 49.9. The van der Waals surface area contributed by atoms with Crippen molar-refractivity contribution in [2.24, 2.45) is 0 Å². The van der Waals surface area contributed by atoms with Gasteiger partial charge in [0.05, 0.1) is 22.2 Å². The summed E-state index contributed by atoms with van der Waals surface area (Å²) in [5, 5.41) is 2.70. The Labute approximate surface area is 131 Å². The van der Waals surface area contributed by atoms with Gasteiger partial charge in [0, 0.05) is 7.05 Å². The molecular weight excluding hydrogens is 328 g/mol. The molecule has 124 valence electrons. The molecule has 0 unspecified atom stereocenters. The maximum absolute atomic E-state index is 12.5. The van der Waals surface area contributed by atoms with Crippen molar-refractivity contribution >= 4 is 19.9 Å². The summed E-state index contributed by atoms with van der Waals surface area (Å²) >= 11 is 0. The van der Waals surface area contributed by atoms with Gasteiger partial charge in [-0.2, -0.15) is 0 Å². The summed E-state index contributed by atoms with van der Waals surface area (Å²) in [5.41, 5.74) is 0. The first kappa shape index (κ1) is 17.4. The minimum atomic E-state index is -3.77. The predicted octanol–water partition coefficient (Wildman–Crippen LogP) is 0.394. The third-order valence-corrected chi connectivity index (χ3v) is 7.74. The molecular formula is C13H20N2O5S2. The van der Waals surface area contributed by atoms with Gasteiger partial charge in [0.2, 0.25) is 0 Å². The molecule has 9 heteroatoms. The van der Waals surface area contributed by atoms with Crippen molar-refractivity contribution < 1.29 is 21.7 Å². The lowest BCUT2D eigenvalue weighted by molar-refractivity contribution is -0.0258. The first-order chi connectivity index (χ1) is 10.3. The standard InChI is InChI=1S/C13H20N2O5S2/c1-15(20-2)22(18,19)13-5-3-11(4-6-13)21(16,17)12-7-9-14-10-8-12/h3-6,12,14H,7-10H2,1-2H3. The van der Waals surface area contributed by atoms with Crippen molar-refractivity contribution in [3.05, 3.63) is 24.3 Å². The maximum Gasteiger partial charge on any atom is 0.264 e. The van der Waals surface area contributed by atoms with Gasteiger partial charge in [-0.25, -0.2) is 16.8 Å². The highest BCUT2D eigenvalue weighted by Gasteiger charge is 2.29. The van der Waals surface area contributed by atoms with Gasteiger partial charge in [-0.15, -0.1) is 0 Å². The lowest BCUT2D eigenvalue weighted by atomic mass is 10.2. The minimum absolute atomic E-state index is 0.0129. The first-order valence-electron chi connectivity index (χ1n) is 6.88. The number of benzene rings is 1. The van der Waals surface area contributed by atoms with E-state index < -0.39 is 25.1 Å². The Morgan fingerprint density at radius 1 is 1.05 bits per heavy atom. The van der Waals surface area contributed by atoms with E-state index in [1.54, 1.807) is 0 Å². The Hall–Kier alpha value is -1.00. The molecule has 1 aliphatic rings. The van der Waals surface area contributed by atoms with Crippen LogP contribution in [0.5, 0.6) is 0 Å². The third kappa shape index (κ3) is 3.33. The fraction of sp³-hybridized carbons (Fsp3) is 0.538. The van der Waals surface area contributed by atoms with Crippen LogP contribution >= 0.6 is 0 Å². The molecule has 2 rings (SSSR count). The van der Waals surface area contributed by atoms with E-state index in [9.17, 15) is 16.8 Å². The van der Waals surface area contributed by atoms with Crippen molar-refractivity contribution in [3.8, 4) is 0 Å². The summed E-state index contributed by atoms with van der Waals surface area (Å²) in [6, 6.07) is 5.26. The zero-order valence-electron chi connectivity index (χ0n) is 12.5. The van der Waals surface area contributed by atoms with E-state index in [-0.39, 0.29) is 9.79 Å². The van der Waals surface area contributed by atoms with Crippen LogP contribution in [0.25, 0.3) is 0 Å². The lowest BCUT2D eigenvalue weighted by Gasteiger charge is -2.22. The van der Waals surface area contributed by atoms with Crippen molar-refractivity contribution in [2.45, 2.75) is 27.9 Å². The number of nitrogens with zero attached hydrogens (tertiary/aromatic N) is 1. The van der Waals surface area contributed by atoms with Crippen LogP contribution in [0.2, 0.25) is 0 Å². The van der Waals surface area contributed by atoms with Crippen molar-refractivity contribution in [1.82, 2.24) is 9.79 Å². The molecule has 0 bridgehead atoms. The monoisotopic (exact) mass is 348 g/mol. The molecule has 0 aliphatic carbocycles. The van der Waals surface area contributed by atoms with E-state index in [1.165, 1.54) is 38.4 Å². The Kier molecular flexibility index (Phi) is 5.23. The highest BCUT2D eigenvalue weighted by Crippen LogP contribution is 2.24. The first-order valence-corrected chi connectivity index (χ1v) is 9.86. The van der Waals surface area contributed by atoms with Crippen molar-refractivity contribution in [1.29, 1.82) is 0 Å². The highest BCUT2D eigenvalue weighted by molar-refractivity contribution is 7.92. The number of sulfonamides is 1. The van der Waals surface area contributed by atoms with E-state index >= 15 is 0 Å². The van der Waals surface area contributed by atoms with Crippen LogP contribution < -0.4 is 5.32 Å². The maximum atomic E-state index is 12.5. The average molecular weight is 348 g/mol. The number of hydroxylamine groups is 1. The Morgan fingerprint density at radius 3 is 2.05 bits per heavy atom. The molecule has 7 nitrogen and oxygen atoms in total. The van der Waals surface area contributed by atoms with E-state index in [4.69, 9.17) is 0 Å². The summed E-state index contributed by atoms with van der Waals surface area (Å²) in [4.78, 5) is 4.82. The Bertz CT molecular complexity index is 707. The smallest absolute Gasteiger partial charge is 0.264 e. The van der Waals surface area contributed by atoms with Gasteiger partial charge < -0.3 is 5.32 Å². The fourth-order valence-corrected chi connectivity index (χ4v) is 5.08. The van der Waals surface area contributed by atoms with Gasteiger partial charge in [-0.05, 0) is 50.2 Å². The second-order valence-electron chi connectivity index (χ2n) is 5.06. The molecule has 1 aromatic carbocycles. The lowest BCUT2D eigenvalue weighted by Crippen LogP contribution is -2.35. The number of rotatable bonds is 5. The van der Waals surface area contributed by atoms with Crippen molar-refractivity contribution in [3.63, 3.8) is 0 Å². The number of hydrogen-bond acceptors (Lipinski definition) is 6.